The second kappa shape index (κ2) is 9.80. The second-order valence-electron chi connectivity index (χ2n) is 7.91. The topological polar surface area (TPSA) is 79.0 Å². The molecule has 2 heterocycles. The van der Waals surface area contributed by atoms with Gasteiger partial charge in [0.2, 0.25) is 15.9 Å². The maximum Gasteiger partial charge on any atom is 0.238 e. The number of amides is 1. The Kier molecular flexibility index (Phi) is 7.40. The molecule has 0 aliphatic carbocycles. The van der Waals surface area contributed by atoms with Crippen LogP contribution < -0.4 is 15.0 Å². The third-order valence-electron chi connectivity index (χ3n) is 5.85. The predicted molar refractivity (Wildman–Crippen MR) is 115 cm³/mol. The molecule has 1 N–H and O–H groups in total. The summed E-state index contributed by atoms with van der Waals surface area (Å²) < 4.78 is 31.8. The Bertz CT molecular complexity index is 774. The number of nitrogens with one attached hydrogen (secondary N) is 1. The van der Waals surface area contributed by atoms with Gasteiger partial charge < -0.3 is 15.0 Å². The fourth-order valence-corrected chi connectivity index (χ4v) is 5.99. The fourth-order valence-electron chi connectivity index (χ4n) is 4.25. The Morgan fingerprint density at radius 1 is 1.10 bits per heavy atom. The number of nitrogens with zero attached hydrogens (tertiary/aromatic N) is 2. The summed E-state index contributed by atoms with van der Waals surface area (Å²) in [5.74, 6) is 0.815. The molecule has 1 aromatic carbocycles. The van der Waals surface area contributed by atoms with E-state index >= 15 is 0 Å². The minimum atomic E-state index is -3.36. The number of benzene rings is 1. The summed E-state index contributed by atoms with van der Waals surface area (Å²) in [6.07, 6.45) is 4.61. The van der Waals surface area contributed by atoms with Gasteiger partial charge in [0, 0.05) is 31.4 Å². The van der Waals surface area contributed by atoms with E-state index < -0.39 is 16.1 Å². The Morgan fingerprint density at radius 3 is 2.41 bits per heavy atom. The molecule has 2 aliphatic heterocycles. The van der Waals surface area contributed by atoms with Crippen LogP contribution in [0.3, 0.4) is 0 Å². The maximum atomic E-state index is 12.9. The van der Waals surface area contributed by atoms with E-state index in [9.17, 15) is 13.2 Å². The van der Waals surface area contributed by atoms with Crippen molar-refractivity contribution in [3.63, 3.8) is 0 Å². The van der Waals surface area contributed by atoms with Gasteiger partial charge in [-0.3, -0.25) is 4.79 Å². The van der Waals surface area contributed by atoms with Gasteiger partial charge in [0.25, 0.3) is 0 Å². The summed E-state index contributed by atoms with van der Waals surface area (Å²) in [6.45, 7) is 4.03. The molecular weight excluding hydrogens is 390 g/mol. The van der Waals surface area contributed by atoms with Gasteiger partial charge in [-0.15, -0.1) is 0 Å². The van der Waals surface area contributed by atoms with E-state index in [0.717, 1.165) is 50.2 Å². The average molecular weight is 424 g/mol. The zero-order chi connectivity index (χ0) is 20.9. The quantitative estimate of drug-likeness (QED) is 0.728. The normalized spacial score (nSPS) is 21.7. The van der Waals surface area contributed by atoms with Crippen LogP contribution in [0.15, 0.2) is 24.3 Å². The van der Waals surface area contributed by atoms with Gasteiger partial charge >= 0.3 is 0 Å². The van der Waals surface area contributed by atoms with E-state index in [0.29, 0.717) is 19.4 Å². The maximum absolute atomic E-state index is 12.9. The third kappa shape index (κ3) is 5.42. The fraction of sp³-hybridized carbons (Fsp3) is 0.667. The molecule has 2 fully saturated rings. The first kappa shape index (κ1) is 21.9. The number of anilines is 1. The zero-order valence-electron chi connectivity index (χ0n) is 17.5. The highest BCUT2D eigenvalue weighted by atomic mass is 32.2. The van der Waals surface area contributed by atoms with Crippen molar-refractivity contribution in [1.82, 2.24) is 9.62 Å². The second-order valence-corrected chi connectivity index (χ2v) is 9.95. The van der Waals surface area contributed by atoms with Gasteiger partial charge in [-0.05, 0) is 56.4 Å². The molecule has 0 radical (unpaired) electrons. The molecule has 1 unspecified atom stereocenters. The lowest BCUT2D eigenvalue weighted by atomic mass is 10.0. The van der Waals surface area contributed by atoms with Crippen LogP contribution in [0.2, 0.25) is 0 Å². The molecule has 2 saturated heterocycles. The first-order chi connectivity index (χ1) is 13.9. The standard InChI is InChI=1S/C21H33N3O4S/c1-3-16-29(26,27)24-13-5-4-6-20(24)21(25)22-17-11-14-23(15-12-17)18-7-9-19(28-2)10-8-18/h7-10,17,20H,3-6,11-16H2,1-2H3,(H,22,25). The van der Waals surface area contributed by atoms with E-state index in [1.165, 1.54) is 4.31 Å². The molecule has 8 heteroatoms. The SMILES string of the molecule is CCCS(=O)(=O)N1CCCCC1C(=O)NC1CCN(c2ccc(OC)cc2)CC1. The van der Waals surface area contributed by atoms with Crippen molar-refractivity contribution in [2.24, 2.45) is 0 Å². The molecule has 1 atom stereocenters. The van der Waals surface area contributed by atoms with E-state index in [1.807, 2.05) is 19.1 Å². The van der Waals surface area contributed by atoms with Crippen molar-refractivity contribution in [2.45, 2.75) is 57.5 Å². The smallest absolute Gasteiger partial charge is 0.238 e. The molecule has 0 aromatic heterocycles. The Labute approximate surface area is 174 Å². The highest BCUT2D eigenvalue weighted by Crippen LogP contribution is 2.24. The number of methoxy groups -OCH3 is 1. The Hall–Kier alpha value is -1.80. The highest BCUT2D eigenvalue weighted by Gasteiger charge is 2.37. The summed E-state index contributed by atoms with van der Waals surface area (Å²) in [4.78, 5) is 15.2. The molecule has 29 heavy (non-hydrogen) atoms. The molecule has 1 aromatic rings. The minimum Gasteiger partial charge on any atom is -0.497 e. The lowest BCUT2D eigenvalue weighted by Gasteiger charge is -2.37. The molecule has 1 amide bonds. The molecular formula is C21H33N3O4S. The zero-order valence-corrected chi connectivity index (χ0v) is 18.3. The number of ether oxygens (including phenoxy) is 1. The van der Waals surface area contributed by atoms with Crippen molar-refractivity contribution >= 4 is 21.6 Å². The van der Waals surface area contributed by atoms with Gasteiger partial charge in [0.05, 0.1) is 12.9 Å². The number of hydrogen-bond donors (Lipinski definition) is 1. The van der Waals surface area contributed by atoms with Crippen molar-refractivity contribution in [3.05, 3.63) is 24.3 Å². The monoisotopic (exact) mass is 423 g/mol. The summed E-state index contributed by atoms with van der Waals surface area (Å²) in [5.41, 5.74) is 1.15. The number of carbonyl (C=O) groups excluding carboxylic acids is 1. The first-order valence-electron chi connectivity index (χ1n) is 10.6. The van der Waals surface area contributed by atoms with Crippen LogP contribution in [0.25, 0.3) is 0 Å². The first-order valence-corrected chi connectivity index (χ1v) is 12.2. The number of rotatable bonds is 7. The summed E-state index contributed by atoms with van der Waals surface area (Å²) in [6, 6.07) is 7.55. The number of piperidine rings is 2. The van der Waals surface area contributed by atoms with Gasteiger partial charge in [0.1, 0.15) is 11.8 Å². The molecule has 0 saturated carbocycles. The van der Waals surface area contributed by atoms with Crippen LogP contribution in [0.4, 0.5) is 5.69 Å². The Balaban J connectivity index is 1.55. The largest absolute Gasteiger partial charge is 0.497 e. The van der Waals surface area contributed by atoms with Crippen LogP contribution in [0, 0.1) is 0 Å². The predicted octanol–water partition coefficient (Wildman–Crippen LogP) is 2.37. The molecule has 2 aliphatic rings. The van der Waals surface area contributed by atoms with E-state index in [4.69, 9.17) is 4.74 Å². The highest BCUT2D eigenvalue weighted by molar-refractivity contribution is 7.89. The van der Waals surface area contributed by atoms with Crippen LogP contribution in [-0.2, 0) is 14.8 Å². The molecule has 7 nitrogen and oxygen atoms in total. The van der Waals surface area contributed by atoms with Crippen LogP contribution in [-0.4, -0.2) is 63.2 Å². The summed E-state index contributed by atoms with van der Waals surface area (Å²) in [7, 11) is -1.71. The van der Waals surface area contributed by atoms with E-state index in [1.54, 1.807) is 7.11 Å². The summed E-state index contributed by atoms with van der Waals surface area (Å²) >= 11 is 0. The molecule has 162 valence electrons. The number of sulfonamides is 1. The number of hydrogen-bond acceptors (Lipinski definition) is 5. The van der Waals surface area contributed by atoms with Crippen LogP contribution in [0.1, 0.15) is 45.4 Å². The average Bonchev–Trinajstić information content (AvgIpc) is 2.74. The van der Waals surface area contributed by atoms with E-state index in [2.05, 4.69) is 22.3 Å². The van der Waals surface area contributed by atoms with Crippen LogP contribution in [0.5, 0.6) is 5.75 Å². The molecule has 0 bridgehead atoms. The number of carbonyl (C=O) groups is 1. The van der Waals surface area contributed by atoms with E-state index in [-0.39, 0.29) is 17.7 Å². The molecule has 0 spiro atoms. The van der Waals surface area contributed by atoms with Gasteiger partial charge in [0.15, 0.2) is 0 Å². The van der Waals surface area contributed by atoms with Crippen LogP contribution >= 0.6 is 0 Å². The van der Waals surface area contributed by atoms with Crippen molar-refractivity contribution in [1.29, 1.82) is 0 Å². The van der Waals surface area contributed by atoms with Crippen molar-refractivity contribution < 1.29 is 17.9 Å². The molecule has 3 rings (SSSR count). The van der Waals surface area contributed by atoms with Gasteiger partial charge in [-0.2, -0.15) is 4.31 Å². The minimum absolute atomic E-state index is 0.0923. The third-order valence-corrected chi connectivity index (χ3v) is 7.93. The van der Waals surface area contributed by atoms with Gasteiger partial charge in [-0.1, -0.05) is 13.3 Å². The van der Waals surface area contributed by atoms with Crippen molar-refractivity contribution in [3.8, 4) is 5.75 Å². The summed E-state index contributed by atoms with van der Waals surface area (Å²) in [5, 5.41) is 3.13. The lowest BCUT2D eigenvalue weighted by molar-refractivity contribution is -0.126. The Morgan fingerprint density at radius 2 is 1.79 bits per heavy atom. The van der Waals surface area contributed by atoms with Gasteiger partial charge in [-0.25, -0.2) is 8.42 Å². The lowest BCUT2D eigenvalue weighted by Crippen LogP contribution is -2.55. The van der Waals surface area contributed by atoms with Crippen molar-refractivity contribution in [2.75, 3.05) is 37.4 Å².